The SMILES string of the molecule is CCN(CC)CCCNCc1ccc(C(C)C(=O)O)cc1. The van der Waals surface area contributed by atoms with Gasteiger partial charge in [0.1, 0.15) is 0 Å². The number of carboxylic acid groups (broad SMARTS) is 1. The van der Waals surface area contributed by atoms with Gasteiger partial charge in [0.15, 0.2) is 0 Å². The highest BCUT2D eigenvalue weighted by molar-refractivity contribution is 5.75. The molecule has 0 saturated heterocycles. The Morgan fingerprint density at radius 3 is 2.38 bits per heavy atom. The largest absolute Gasteiger partial charge is 0.481 e. The van der Waals surface area contributed by atoms with Gasteiger partial charge in [-0.15, -0.1) is 0 Å². The van der Waals surface area contributed by atoms with E-state index >= 15 is 0 Å². The standard InChI is InChI=1S/C17H28N2O2/c1-4-19(5-2)12-6-11-18-13-15-7-9-16(10-8-15)14(3)17(20)21/h7-10,14,18H,4-6,11-13H2,1-3H3,(H,20,21). The fraction of sp³-hybridized carbons (Fsp3) is 0.588. The Bertz CT molecular complexity index is 413. The number of carbonyl (C=O) groups is 1. The predicted octanol–water partition coefficient (Wildman–Crippen LogP) is 2.70. The summed E-state index contributed by atoms with van der Waals surface area (Å²) in [6.07, 6.45) is 1.15. The lowest BCUT2D eigenvalue weighted by Gasteiger charge is -2.17. The van der Waals surface area contributed by atoms with Gasteiger partial charge in [0.05, 0.1) is 5.92 Å². The Balaban J connectivity index is 2.28. The maximum Gasteiger partial charge on any atom is 0.310 e. The number of hydrogen-bond acceptors (Lipinski definition) is 3. The van der Waals surface area contributed by atoms with Gasteiger partial charge in [-0.25, -0.2) is 0 Å². The monoisotopic (exact) mass is 292 g/mol. The third-order valence-corrected chi connectivity index (χ3v) is 3.90. The minimum Gasteiger partial charge on any atom is -0.481 e. The zero-order valence-electron chi connectivity index (χ0n) is 13.4. The van der Waals surface area contributed by atoms with Crippen LogP contribution in [-0.2, 0) is 11.3 Å². The van der Waals surface area contributed by atoms with Crippen LogP contribution in [0.1, 0.15) is 44.2 Å². The predicted molar refractivity (Wildman–Crippen MR) is 86.6 cm³/mol. The first-order valence-corrected chi connectivity index (χ1v) is 7.83. The second-order valence-electron chi connectivity index (χ2n) is 5.36. The van der Waals surface area contributed by atoms with Crippen molar-refractivity contribution in [3.8, 4) is 0 Å². The minimum absolute atomic E-state index is 0.443. The molecule has 1 atom stereocenters. The van der Waals surface area contributed by atoms with E-state index in [0.29, 0.717) is 0 Å². The molecule has 0 fully saturated rings. The minimum atomic E-state index is -0.780. The molecule has 1 rings (SSSR count). The lowest BCUT2D eigenvalue weighted by molar-refractivity contribution is -0.138. The molecule has 0 heterocycles. The Labute approximate surface area is 128 Å². The van der Waals surface area contributed by atoms with Gasteiger partial charge in [-0.1, -0.05) is 38.1 Å². The number of carboxylic acids is 1. The van der Waals surface area contributed by atoms with Crippen LogP contribution < -0.4 is 5.32 Å². The van der Waals surface area contributed by atoms with Crippen molar-refractivity contribution in [1.82, 2.24) is 10.2 Å². The molecule has 4 heteroatoms. The van der Waals surface area contributed by atoms with E-state index in [0.717, 1.165) is 44.7 Å². The van der Waals surface area contributed by atoms with Crippen LogP contribution in [-0.4, -0.2) is 42.2 Å². The molecule has 1 aromatic carbocycles. The van der Waals surface area contributed by atoms with Gasteiger partial charge in [0.2, 0.25) is 0 Å². The second kappa shape index (κ2) is 9.53. The number of rotatable bonds is 10. The first-order valence-electron chi connectivity index (χ1n) is 7.83. The first kappa shape index (κ1) is 17.7. The molecule has 21 heavy (non-hydrogen) atoms. The van der Waals surface area contributed by atoms with Crippen LogP contribution in [0.25, 0.3) is 0 Å². The average molecular weight is 292 g/mol. The van der Waals surface area contributed by atoms with Gasteiger partial charge in [-0.2, -0.15) is 0 Å². The van der Waals surface area contributed by atoms with Crippen LogP contribution in [0.3, 0.4) is 0 Å². The summed E-state index contributed by atoms with van der Waals surface area (Å²) < 4.78 is 0. The Kier molecular flexibility index (Phi) is 8.01. The van der Waals surface area contributed by atoms with Gasteiger partial charge in [0.25, 0.3) is 0 Å². The lowest BCUT2D eigenvalue weighted by atomic mass is 10.0. The summed E-state index contributed by atoms with van der Waals surface area (Å²) in [6.45, 7) is 11.3. The Morgan fingerprint density at radius 2 is 1.86 bits per heavy atom. The van der Waals surface area contributed by atoms with Crippen molar-refractivity contribution >= 4 is 5.97 Å². The molecule has 0 aliphatic heterocycles. The molecule has 1 aromatic rings. The first-order chi connectivity index (χ1) is 10.1. The molecule has 0 aliphatic rings. The fourth-order valence-electron chi connectivity index (χ4n) is 2.27. The zero-order chi connectivity index (χ0) is 15.7. The van der Waals surface area contributed by atoms with E-state index in [1.807, 2.05) is 24.3 Å². The van der Waals surface area contributed by atoms with E-state index in [1.54, 1.807) is 6.92 Å². The quantitative estimate of drug-likeness (QED) is 0.651. The van der Waals surface area contributed by atoms with Crippen LogP contribution in [0.5, 0.6) is 0 Å². The third kappa shape index (κ3) is 6.27. The summed E-state index contributed by atoms with van der Waals surface area (Å²) in [4.78, 5) is 13.3. The van der Waals surface area contributed by atoms with Gasteiger partial charge in [-0.3, -0.25) is 4.79 Å². The van der Waals surface area contributed by atoms with Crippen LogP contribution >= 0.6 is 0 Å². The summed E-state index contributed by atoms with van der Waals surface area (Å²) in [6, 6.07) is 7.83. The van der Waals surface area contributed by atoms with Crippen molar-refractivity contribution in [2.75, 3.05) is 26.2 Å². The summed E-state index contributed by atoms with van der Waals surface area (Å²) in [5.74, 6) is -1.22. The molecular weight excluding hydrogens is 264 g/mol. The van der Waals surface area contributed by atoms with E-state index in [1.165, 1.54) is 5.56 Å². The smallest absolute Gasteiger partial charge is 0.310 e. The van der Waals surface area contributed by atoms with Crippen molar-refractivity contribution in [2.45, 2.75) is 39.7 Å². The average Bonchev–Trinajstić information content (AvgIpc) is 2.50. The van der Waals surface area contributed by atoms with E-state index in [9.17, 15) is 4.79 Å². The molecular formula is C17H28N2O2. The van der Waals surface area contributed by atoms with Crippen LogP contribution in [0.2, 0.25) is 0 Å². The number of nitrogens with one attached hydrogen (secondary N) is 1. The third-order valence-electron chi connectivity index (χ3n) is 3.90. The van der Waals surface area contributed by atoms with E-state index in [2.05, 4.69) is 24.1 Å². The van der Waals surface area contributed by atoms with Crippen molar-refractivity contribution in [2.24, 2.45) is 0 Å². The van der Waals surface area contributed by atoms with Gasteiger partial charge >= 0.3 is 5.97 Å². The maximum absolute atomic E-state index is 10.9. The van der Waals surface area contributed by atoms with E-state index in [4.69, 9.17) is 5.11 Å². The molecule has 0 aliphatic carbocycles. The van der Waals surface area contributed by atoms with Gasteiger partial charge in [0, 0.05) is 6.54 Å². The fourth-order valence-corrected chi connectivity index (χ4v) is 2.27. The lowest BCUT2D eigenvalue weighted by Crippen LogP contribution is -2.27. The highest BCUT2D eigenvalue weighted by Gasteiger charge is 2.12. The van der Waals surface area contributed by atoms with Crippen molar-refractivity contribution in [1.29, 1.82) is 0 Å². The molecule has 0 bridgehead atoms. The molecule has 0 amide bonds. The maximum atomic E-state index is 10.9. The van der Waals surface area contributed by atoms with Crippen molar-refractivity contribution < 1.29 is 9.90 Å². The van der Waals surface area contributed by atoms with Crippen LogP contribution in [0, 0.1) is 0 Å². The topological polar surface area (TPSA) is 52.6 Å². The van der Waals surface area contributed by atoms with Crippen LogP contribution in [0.15, 0.2) is 24.3 Å². The van der Waals surface area contributed by atoms with E-state index < -0.39 is 11.9 Å². The highest BCUT2D eigenvalue weighted by Crippen LogP contribution is 2.15. The number of nitrogens with zero attached hydrogens (tertiary/aromatic N) is 1. The second-order valence-corrected chi connectivity index (χ2v) is 5.36. The van der Waals surface area contributed by atoms with Crippen molar-refractivity contribution in [3.05, 3.63) is 35.4 Å². The Hall–Kier alpha value is -1.39. The summed E-state index contributed by atoms with van der Waals surface area (Å²) in [7, 11) is 0. The summed E-state index contributed by atoms with van der Waals surface area (Å²) >= 11 is 0. The van der Waals surface area contributed by atoms with E-state index in [-0.39, 0.29) is 0 Å². The molecule has 2 N–H and O–H groups in total. The zero-order valence-corrected chi connectivity index (χ0v) is 13.4. The molecule has 0 radical (unpaired) electrons. The molecule has 0 saturated carbocycles. The molecule has 0 aromatic heterocycles. The molecule has 4 nitrogen and oxygen atoms in total. The molecule has 0 spiro atoms. The van der Waals surface area contributed by atoms with Crippen LogP contribution in [0.4, 0.5) is 0 Å². The molecule has 1 unspecified atom stereocenters. The van der Waals surface area contributed by atoms with Gasteiger partial charge in [-0.05, 0) is 50.7 Å². The highest BCUT2D eigenvalue weighted by atomic mass is 16.4. The van der Waals surface area contributed by atoms with Gasteiger partial charge < -0.3 is 15.3 Å². The Morgan fingerprint density at radius 1 is 1.24 bits per heavy atom. The number of hydrogen-bond donors (Lipinski definition) is 2. The van der Waals surface area contributed by atoms with Crippen molar-refractivity contribution in [3.63, 3.8) is 0 Å². The number of aliphatic carboxylic acids is 1. The summed E-state index contributed by atoms with van der Waals surface area (Å²) in [5.41, 5.74) is 2.05. The number of benzene rings is 1. The summed E-state index contributed by atoms with van der Waals surface area (Å²) in [5, 5.41) is 12.4. The molecule has 118 valence electrons. The normalized spacial score (nSPS) is 12.6.